The summed E-state index contributed by atoms with van der Waals surface area (Å²) in [5, 5.41) is 3.87. The van der Waals surface area contributed by atoms with Crippen molar-refractivity contribution in [1.29, 1.82) is 0 Å². The van der Waals surface area contributed by atoms with Gasteiger partial charge in [0.15, 0.2) is 0 Å². The normalized spacial score (nSPS) is 15.5. The van der Waals surface area contributed by atoms with Crippen molar-refractivity contribution in [3.63, 3.8) is 0 Å². The quantitative estimate of drug-likeness (QED) is 0.405. The van der Waals surface area contributed by atoms with E-state index in [0.717, 1.165) is 36.3 Å². The number of benzene rings is 1. The van der Waals surface area contributed by atoms with E-state index in [9.17, 15) is 18.8 Å². The van der Waals surface area contributed by atoms with Gasteiger partial charge in [-0.1, -0.05) is 37.6 Å². The second-order valence-corrected chi connectivity index (χ2v) is 10.4. The molecule has 0 aliphatic carbocycles. The van der Waals surface area contributed by atoms with E-state index < -0.39 is 23.0 Å². The number of hydrogen-bond donors (Lipinski definition) is 1. The summed E-state index contributed by atoms with van der Waals surface area (Å²) in [5.41, 5.74) is 0.337. The van der Waals surface area contributed by atoms with Crippen LogP contribution in [0.5, 0.6) is 0 Å². The van der Waals surface area contributed by atoms with Crippen LogP contribution < -0.4 is 10.9 Å². The molecule has 2 aliphatic heterocycles. The monoisotopic (exact) mass is 552 g/mol. The van der Waals surface area contributed by atoms with Crippen LogP contribution in [0.15, 0.2) is 41.3 Å². The highest BCUT2D eigenvalue weighted by atomic mass is 35.5. The Kier molecular flexibility index (Phi) is 7.15. The Labute approximate surface area is 229 Å². The van der Waals surface area contributed by atoms with Gasteiger partial charge in [0.2, 0.25) is 5.91 Å². The number of rotatable bonds is 5. The molecule has 0 atom stereocenters. The number of carbonyl (C=O) groups excluding carboxylic acids is 2. The number of aryl methyl sites for hydroxylation is 2. The van der Waals surface area contributed by atoms with Crippen molar-refractivity contribution in [3.05, 3.63) is 68.9 Å². The van der Waals surface area contributed by atoms with E-state index >= 15 is 0 Å². The minimum absolute atomic E-state index is 0.0365. The molecule has 1 saturated heterocycles. The molecule has 0 bridgehead atoms. The van der Waals surface area contributed by atoms with E-state index in [-0.39, 0.29) is 37.4 Å². The number of alkyl halides is 1. The van der Waals surface area contributed by atoms with Crippen LogP contribution in [0.3, 0.4) is 0 Å². The number of likely N-dealkylation sites (tertiary alicyclic amines) is 1. The van der Waals surface area contributed by atoms with Crippen LogP contribution in [0.1, 0.15) is 48.9 Å². The number of aromatic nitrogens is 4. The largest absolute Gasteiger partial charge is 0.348 e. The molecule has 2 amide bonds. The fourth-order valence-electron chi connectivity index (χ4n) is 5.12. The van der Waals surface area contributed by atoms with Crippen LogP contribution in [-0.2, 0) is 30.8 Å². The average Bonchev–Trinajstić information content (AvgIpc) is 3.51. The molecule has 0 unspecified atom stereocenters. The van der Waals surface area contributed by atoms with Gasteiger partial charge in [-0.05, 0) is 37.1 Å². The zero-order chi connectivity index (χ0) is 27.9. The minimum atomic E-state index is -1.44. The number of pyridine rings is 2. The SMILES string of the molecule is CC.CC1(F)CN(C(=O)Cn2c(=O)c(C(=O)NCc3ccc(Cl)cc3)cc3c4nc5n(c4cnc32)CCC5)C1. The number of nitrogens with zero attached hydrogens (tertiary/aromatic N) is 5. The van der Waals surface area contributed by atoms with Crippen LogP contribution in [0, 0.1) is 0 Å². The molecule has 0 saturated carbocycles. The van der Waals surface area contributed by atoms with Crippen molar-refractivity contribution in [1.82, 2.24) is 29.3 Å². The zero-order valence-corrected chi connectivity index (χ0v) is 22.9. The Bertz CT molecular complexity index is 1640. The maximum atomic E-state index is 14.0. The summed E-state index contributed by atoms with van der Waals surface area (Å²) in [4.78, 5) is 50.3. The molecular weight excluding hydrogens is 523 g/mol. The molecule has 11 heteroatoms. The molecule has 3 aromatic heterocycles. The molecule has 1 aromatic carbocycles. The fraction of sp³-hybridized carbons (Fsp3) is 0.393. The van der Waals surface area contributed by atoms with E-state index in [0.29, 0.717) is 15.9 Å². The Morgan fingerprint density at radius 2 is 1.90 bits per heavy atom. The highest BCUT2D eigenvalue weighted by Gasteiger charge is 2.41. The number of fused-ring (bicyclic) bond motifs is 5. The molecule has 4 aromatic rings. The molecule has 9 nitrogen and oxygen atoms in total. The molecule has 2 aliphatic rings. The van der Waals surface area contributed by atoms with Gasteiger partial charge >= 0.3 is 0 Å². The summed E-state index contributed by atoms with van der Waals surface area (Å²) in [6, 6.07) is 8.51. The number of halogens is 2. The lowest BCUT2D eigenvalue weighted by Gasteiger charge is -2.42. The molecule has 39 heavy (non-hydrogen) atoms. The Morgan fingerprint density at radius 3 is 2.59 bits per heavy atom. The van der Waals surface area contributed by atoms with Gasteiger partial charge in [0.1, 0.15) is 34.8 Å². The molecule has 0 spiro atoms. The maximum absolute atomic E-state index is 14.0. The lowest BCUT2D eigenvalue weighted by molar-refractivity contribution is -0.144. The average molecular weight is 553 g/mol. The zero-order valence-electron chi connectivity index (χ0n) is 22.1. The van der Waals surface area contributed by atoms with Gasteiger partial charge in [-0.25, -0.2) is 14.4 Å². The van der Waals surface area contributed by atoms with Crippen molar-refractivity contribution in [3.8, 4) is 0 Å². The van der Waals surface area contributed by atoms with Crippen LogP contribution in [0.4, 0.5) is 4.39 Å². The summed E-state index contributed by atoms with van der Waals surface area (Å²) in [5.74, 6) is -0.0618. The van der Waals surface area contributed by atoms with Crippen molar-refractivity contribution < 1.29 is 14.0 Å². The first-order valence-electron chi connectivity index (χ1n) is 13.1. The molecule has 5 heterocycles. The van der Waals surface area contributed by atoms with Gasteiger partial charge < -0.3 is 14.8 Å². The molecule has 6 rings (SSSR count). The van der Waals surface area contributed by atoms with Gasteiger partial charge in [0.25, 0.3) is 11.5 Å². The number of nitrogens with one attached hydrogen (secondary N) is 1. The summed E-state index contributed by atoms with van der Waals surface area (Å²) >= 11 is 5.94. The molecule has 1 N–H and O–H groups in total. The minimum Gasteiger partial charge on any atom is -0.348 e. The van der Waals surface area contributed by atoms with Gasteiger partial charge in [-0.3, -0.25) is 19.0 Å². The molecule has 0 radical (unpaired) electrons. The summed E-state index contributed by atoms with van der Waals surface area (Å²) < 4.78 is 17.3. The van der Waals surface area contributed by atoms with Crippen molar-refractivity contribution in [2.24, 2.45) is 0 Å². The summed E-state index contributed by atoms with van der Waals surface area (Å²) in [7, 11) is 0. The van der Waals surface area contributed by atoms with E-state index in [1.165, 1.54) is 22.5 Å². The van der Waals surface area contributed by atoms with Crippen LogP contribution in [0.25, 0.3) is 22.1 Å². The third-order valence-corrected chi connectivity index (χ3v) is 7.24. The third kappa shape index (κ3) is 5.01. The number of amides is 2. The summed E-state index contributed by atoms with van der Waals surface area (Å²) in [6.45, 7) is 6.02. The van der Waals surface area contributed by atoms with Crippen LogP contribution in [-0.4, -0.2) is 54.6 Å². The van der Waals surface area contributed by atoms with Crippen LogP contribution in [0.2, 0.25) is 5.02 Å². The number of hydrogen-bond acceptors (Lipinski definition) is 5. The second kappa shape index (κ2) is 10.4. The first kappa shape index (κ1) is 26.8. The number of imidazole rings is 1. The Balaban J connectivity index is 0.00000151. The lowest BCUT2D eigenvalue weighted by Crippen LogP contribution is -2.60. The fourth-order valence-corrected chi connectivity index (χ4v) is 5.25. The molecular formula is C28H30ClFN6O3. The van der Waals surface area contributed by atoms with E-state index in [4.69, 9.17) is 16.6 Å². The van der Waals surface area contributed by atoms with Gasteiger partial charge in [0.05, 0.1) is 24.8 Å². The third-order valence-electron chi connectivity index (χ3n) is 6.99. The predicted molar refractivity (Wildman–Crippen MR) is 148 cm³/mol. The highest BCUT2D eigenvalue weighted by molar-refractivity contribution is 6.30. The Hall–Kier alpha value is -3.79. The van der Waals surface area contributed by atoms with Gasteiger partial charge in [-0.2, -0.15) is 0 Å². The van der Waals surface area contributed by atoms with Crippen molar-refractivity contribution >= 4 is 45.5 Å². The lowest BCUT2D eigenvalue weighted by atomic mass is 9.99. The van der Waals surface area contributed by atoms with Gasteiger partial charge in [-0.15, -0.1) is 0 Å². The van der Waals surface area contributed by atoms with E-state index in [2.05, 4.69) is 14.9 Å². The Morgan fingerprint density at radius 1 is 1.18 bits per heavy atom. The van der Waals surface area contributed by atoms with Crippen LogP contribution >= 0.6 is 11.6 Å². The maximum Gasteiger partial charge on any atom is 0.265 e. The predicted octanol–water partition coefficient (Wildman–Crippen LogP) is 3.87. The van der Waals surface area contributed by atoms with Gasteiger partial charge in [0, 0.05) is 29.9 Å². The summed E-state index contributed by atoms with van der Waals surface area (Å²) in [6.07, 6.45) is 3.48. The van der Waals surface area contributed by atoms with E-state index in [1.54, 1.807) is 30.5 Å². The standard InChI is InChI=1S/C26H24ClFN6O3.C2H6/c1-26(28)13-32(14-26)21(35)12-34-23-17(22-19(11-29-23)33-8-2-3-20(33)31-22)9-18(25(34)37)24(36)30-10-15-4-6-16(27)7-5-15;1-2/h4-7,9,11H,2-3,8,10,12-14H2,1H3,(H,30,36);1-2H3. The topological polar surface area (TPSA) is 102 Å². The first-order valence-corrected chi connectivity index (χ1v) is 13.5. The highest BCUT2D eigenvalue weighted by Crippen LogP contribution is 2.29. The molecule has 204 valence electrons. The van der Waals surface area contributed by atoms with Crippen molar-refractivity contribution in [2.75, 3.05) is 13.1 Å². The molecule has 1 fully saturated rings. The first-order chi connectivity index (χ1) is 18.7. The second-order valence-electron chi connectivity index (χ2n) is 9.93. The van der Waals surface area contributed by atoms with E-state index in [1.807, 2.05) is 13.8 Å². The smallest absolute Gasteiger partial charge is 0.265 e. The number of carbonyl (C=O) groups is 2. The van der Waals surface area contributed by atoms with Crippen molar-refractivity contribution in [2.45, 2.75) is 58.9 Å².